The predicted molar refractivity (Wildman–Crippen MR) is 131 cm³/mol. The van der Waals surface area contributed by atoms with E-state index in [4.69, 9.17) is 4.98 Å². The first kappa shape index (κ1) is 18.1. The third-order valence-corrected chi connectivity index (χ3v) is 6.19. The molecule has 0 spiro atoms. The summed E-state index contributed by atoms with van der Waals surface area (Å²) in [6, 6.07) is 32.7. The Labute approximate surface area is 182 Å². The van der Waals surface area contributed by atoms with Crippen LogP contribution >= 0.6 is 0 Å². The first-order valence-electron chi connectivity index (χ1n) is 11.0. The summed E-state index contributed by atoms with van der Waals surface area (Å²) >= 11 is 0. The van der Waals surface area contributed by atoms with E-state index in [1.807, 2.05) is 0 Å². The fourth-order valence-electron chi connectivity index (χ4n) is 4.92. The Bertz CT molecular complexity index is 1430. The summed E-state index contributed by atoms with van der Waals surface area (Å²) in [5, 5.41) is 3.77. The normalized spacial score (nSPS) is 12.5. The van der Waals surface area contributed by atoms with Crippen molar-refractivity contribution in [2.45, 2.75) is 20.3 Å². The summed E-state index contributed by atoms with van der Waals surface area (Å²) in [4.78, 5) is 7.62. The summed E-state index contributed by atoms with van der Waals surface area (Å²) in [5.41, 5.74) is 8.24. The Balaban J connectivity index is 1.73. The molecule has 0 bridgehead atoms. The van der Waals surface area contributed by atoms with Gasteiger partial charge in [0.25, 0.3) is 0 Å². The molecule has 0 aliphatic carbocycles. The molecule has 1 aliphatic heterocycles. The summed E-state index contributed by atoms with van der Waals surface area (Å²) < 4.78 is 0. The number of fused-ring (bicyclic) bond motifs is 3. The molecule has 2 nitrogen and oxygen atoms in total. The molecule has 0 amide bonds. The van der Waals surface area contributed by atoms with Crippen molar-refractivity contribution >= 4 is 38.7 Å². The van der Waals surface area contributed by atoms with Gasteiger partial charge in [0, 0.05) is 22.0 Å². The number of anilines is 3. The average Bonchev–Trinajstić information content (AvgIpc) is 2.79. The van der Waals surface area contributed by atoms with Crippen LogP contribution in [-0.2, 0) is 6.42 Å². The van der Waals surface area contributed by atoms with Crippen LogP contribution in [0.4, 0.5) is 17.1 Å². The Hall–Kier alpha value is -3.65. The number of benzene rings is 4. The highest BCUT2D eigenvalue weighted by Gasteiger charge is 2.27. The molecule has 6 rings (SSSR count). The van der Waals surface area contributed by atoms with E-state index in [0.717, 1.165) is 29.0 Å². The van der Waals surface area contributed by atoms with E-state index in [9.17, 15) is 0 Å². The van der Waals surface area contributed by atoms with Crippen molar-refractivity contribution in [1.82, 2.24) is 4.98 Å². The van der Waals surface area contributed by atoms with Crippen LogP contribution in [0.1, 0.15) is 19.4 Å². The van der Waals surface area contributed by atoms with E-state index in [1.54, 1.807) is 0 Å². The van der Waals surface area contributed by atoms with Crippen LogP contribution in [0.2, 0.25) is 0 Å². The third kappa shape index (κ3) is 2.83. The molecule has 1 aromatic heterocycles. The lowest BCUT2D eigenvalue weighted by Crippen LogP contribution is -2.16. The van der Waals surface area contributed by atoms with Crippen molar-refractivity contribution in [3.63, 3.8) is 0 Å². The number of aromatic nitrogens is 1. The van der Waals surface area contributed by atoms with Gasteiger partial charge >= 0.3 is 0 Å². The minimum atomic E-state index is 0.598. The van der Waals surface area contributed by atoms with Gasteiger partial charge in [0.1, 0.15) is 0 Å². The predicted octanol–water partition coefficient (Wildman–Crippen LogP) is 8.04. The highest BCUT2D eigenvalue weighted by Crippen LogP contribution is 2.50. The quantitative estimate of drug-likeness (QED) is 0.299. The van der Waals surface area contributed by atoms with Crippen LogP contribution in [0.5, 0.6) is 0 Å². The van der Waals surface area contributed by atoms with Gasteiger partial charge in [-0.15, -0.1) is 0 Å². The van der Waals surface area contributed by atoms with Gasteiger partial charge in [0.15, 0.2) is 0 Å². The molecule has 0 unspecified atom stereocenters. The smallest absolute Gasteiger partial charge is 0.0957 e. The fourth-order valence-corrected chi connectivity index (χ4v) is 4.92. The zero-order valence-corrected chi connectivity index (χ0v) is 17.8. The lowest BCUT2D eigenvalue weighted by atomic mass is 9.92. The van der Waals surface area contributed by atoms with Crippen LogP contribution in [0.3, 0.4) is 0 Å². The number of pyridine rings is 1. The molecule has 0 atom stereocenters. The number of para-hydroxylation sites is 1. The number of rotatable bonds is 3. The third-order valence-electron chi connectivity index (χ3n) is 6.19. The van der Waals surface area contributed by atoms with Crippen molar-refractivity contribution < 1.29 is 0 Å². The molecular formula is C29H24N2. The fraction of sp³-hybridized carbons (Fsp3) is 0.138. The van der Waals surface area contributed by atoms with Crippen molar-refractivity contribution in [3.05, 3.63) is 96.6 Å². The van der Waals surface area contributed by atoms with Gasteiger partial charge in [0.2, 0.25) is 0 Å². The Morgan fingerprint density at radius 1 is 0.774 bits per heavy atom. The molecule has 0 saturated heterocycles. The summed E-state index contributed by atoms with van der Waals surface area (Å²) in [5.74, 6) is 0.598. The number of hydrogen-bond donors (Lipinski definition) is 0. The summed E-state index contributed by atoms with van der Waals surface area (Å²) in [6.07, 6.45) is 1.05. The van der Waals surface area contributed by atoms with E-state index in [-0.39, 0.29) is 0 Å². The first-order chi connectivity index (χ1) is 15.2. The van der Waals surface area contributed by atoms with Gasteiger partial charge in [-0.05, 0) is 53.6 Å². The molecule has 0 fully saturated rings. The van der Waals surface area contributed by atoms with Crippen molar-refractivity contribution in [2.24, 2.45) is 5.92 Å². The molecule has 0 radical (unpaired) electrons. The maximum absolute atomic E-state index is 5.24. The summed E-state index contributed by atoms with van der Waals surface area (Å²) in [6.45, 7) is 4.55. The van der Waals surface area contributed by atoms with Crippen molar-refractivity contribution in [3.8, 4) is 11.3 Å². The standard InChI is InChI=1S/C29H24N2/c1-19(2)17-21-11-7-15-25-24(21)18-27-29(30-25)23-14-6-9-20-10-8-16-26(28(20)23)31(27)22-12-4-3-5-13-22/h3-16,18-19H,17H2,1-2H3. The van der Waals surface area contributed by atoms with Gasteiger partial charge in [-0.3, -0.25) is 0 Å². The molecule has 1 aliphatic rings. The molecule has 2 heterocycles. The maximum Gasteiger partial charge on any atom is 0.0957 e. The minimum Gasteiger partial charge on any atom is -0.308 e. The van der Waals surface area contributed by atoms with Gasteiger partial charge in [0.05, 0.1) is 22.6 Å². The second-order valence-electron chi connectivity index (χ2n) is 8.79. The second-order valence-corrected chi connectivity index (χ2v) is 8.79. The average molecular weight is 401 g/mol. The zero-order chi connectivity index (χ0) is 20.9. The van der Waals surface area contributed by atoms with E-state index >= 15 is 0 Å². The van der Waals surface area contributed by atoms with E-state index < -0.39 is 0 Å². The monoisotopic (exact) mass is 400 g/mol. The van der Waals surface area contributed by atoms with E-state index in [2.05, 4.69) is 110 Å². The molecule has 0 saturated carbocycles. The first-order valence-corrected chi connectivity index (χ1v) is 11.0. The Morgan fingerprint density at radius 2 is 1.55 bits per heavy atom. The summed E-state index contributed by atoms with van der Waals surface area (Å²) in [7, 11) is 0. The second kappa shape index (κ2) is 6.95. The van der Waals surface area contributed by atoms with Crippen molar-refractivity contribution in [1.29, 1.82) is 0 Å². The van der Waals surface area contributed by atoms with Crippen molar-refractivity contribution in [2.75, 3.05) is 4.90 Å². The van der Waals surface area contributed by atoms with Gasteiger partial charge in [-0.25, -0.2) is 4.98 Å². The lowest BCUT2D eigenvalue weighted by Gasteiger charge is -2.33. The largest absolute Gasteiger partial charge is 0.308 e. The SMILES string of the molecule is CC(C)Cc1cccc2nc3c(cc12)N(c1ccccc1)c1cccc2cccc-3c12. The number of nitrogens with zero attached hydrogens (tertiary/aromatic N) is 2. The molecule has 5 aromatic rings. The highest BCUT2D eigenvalue weighted by molar-refractivity contribution is 6.14. The molecule has 2 heteroatoms. The van der Waals surface area contributed by atoms with Crippen LogP contribution < -0.4 is 4.90 Å². The minimum absolute atomic E-state index is 0.598. The number of hydrogen-bond acceptors (Lipinski definition) is 2. The van der Waals surface area contributed by atoms with Crippen LogP contribution in [0.15, 0.2) is 91.0 Å². The van der Waals surface area contributed by atoms with Gasteiger partial charge in [-0.2, -0.15) is 0 Å². The van der Waals surface area contributed by atoms with Crippen LogP contribution in [0, 0.1) is 5.92 Å². The van der Waals surface area contributed by atoms with Crippen LogP contribution in [0.25, 0.3) is 32.9 Å². The Kier molecular flexibility index (Phi) is 4.07. The molecule has 31 heavy (non-hydrogen) atoms. The highest BCUT2D eigenvalue weighted by atomic mass is 15.2. The topological polar surface area (TPSA) is 16.1 Å². The van der Waals surface area contributed by atoms with Gasteiger partial charge < -0.3 is 4.90 Å². The molecule has 150 valence electrons. The maximum atomic E-state index is 5.24. The Morgan fingerprint density at radius 3 is 2.35 bits per heavy atom. The van der Waals surface area contributed by atoms with E-state index in [1.165, 1.54) is 33.0 Å². The zero-order valence-electron chi connectivity index (χ0n) is 17.8. The van der Waals surface area contributed by atoms with Gasteiger partial charge in [-0.1, -0.05) is 74.5 Å². The van der Waals surface area contributed by atoms with E-state index in [0.29, 0.717) is 5.92 Å². The lowest BCUT2D eigenvalue weighted by molar-refractivity contribution is 0.650. The molecule has 4 aromatic carbocycles. The van der Waals surface area contributed by atoms with Crippen LogP contribution in [-0.4, -0.2) is 4.98 Å². The molecule has 0 N–H and O–H groups in total. The molecular weight excluding hydrogens is 376 g/mol.